The van der Waals surface area contributed by atoms with Crippen molar-refractivity contribution in [3.05, 3.63) is 83.0 Å². The molecule has 0 saturated heterocycles. The zero-order valence-electron chi connectivity index (χ0n) is 22.1. The number of aliphatic hydroxyl groups is 1. The maximum atomic E-state index is 10.6. The molecular formula is C29H30N6O4. The van der Waals surface area contributed by atoms with Crippen molar-refractivity contribution < 1.29 is 19.0 Å². The number of hydrogen-bond donors (Lipinski definition) is 2. The maximum absolute atomic E-state index is 10.6. The monoisotopic (exact) mass is 526 g/mol. The minimum Gasteiger partial charge on any atom is -0.497 e. The molecule has 10 heteroatoms. The summed E-state index contributed by atoms with van der Waals surface area (Å²) in [6.45, 7) is 2.37. The summed E-state index contributed by atoms with van der Waals surface area (Å²) in [5.41, 5.74) is 4.36. The summed E-state index contributed by atoms with van der Waals surface area (Å²) in [6, 6.07) is 13.8. The van der Waals surface area contributed by atoms with E-state index in [0.717, 1.165) is 41.5 Å². The summed E-state index contributed by atoms with van der Waals surface area (Å²) in [4.78, 5) is 14.0. The minimum absolute atomic E-state index is 0.411. The molecule has 5 aromatic rings. The molecule has 0 spiro atoms. The van der Waals surface area contributed by atoms with E-state index < -0.39 is 5.60 Å². The number of oxazole rings is 1. The third-order valence-corrected chi connectivity index (χ3v) is 7.36. The van der Waals surface area contributed by atoms with Crippen LogP contribution in [-0.4, -0.2) is 43.9 Å². The number of hydrogen-bond acceptors (Lipinski definition) is 9. The smallest absolute Gasteiger partial charge is 0.245 e. The van der Waals surface area contributed by atoms with Crippen LogP contribution in [0.2, 0.25) is 0 Å². The van der Waals surface area contributed by atoms with Gasteiger partial charge in [0.1, 0.15) is 23.5 Å². The van der Waals surface area contributed by atoms with Crippen molar-refractivity contribution in [2.75, 3.05) is 19.5 Å². The normalized spacial score (nSPS) is 14.3. The van der Waals surface area contributed by atoms with Crippen LogP contribution in [0.5, 0.6) is 11.5 Å². The van der Waals surface area contributed by atoms with Gasteiger partial charge in [0, 0.05) is 30.2 Å². The molecule has 3 aromatic heterocycles. The van der Waals surface area contributed by atoms with Crippen LogP contribution >= 0.6 is 0 Å². The number of methoxy groups -OCH3 is 2. The molecule has 2 aromatic carbocycles. The molecule has 0 amide bonds. The molecule has 1 aliphatic carbocycles. The van der Waals surface area contributed by atoms with E-state index in [1.165, 1.54) is 6.26 Å². The first-order valence-corrected chi connectivity index (χ1v) is 12.9. The standard InChI is InChI=1S/C29H30N6O4/c1-18-25(27-30-13-14-39-27)33-28(31-17-20-7-10-22(37-2)16-23(20)38-3)35-26(18)32-24(34-35)15-19-5-8-21(9-6-19)29(36)11-4-12-29/h5-10,13-14,16,36H,4,11-12,15,17H2,1-3H3,(H,31,33). The Balaban J connectivity index is 1.33. The van der Waals surface area contributed by atoms with E-state index in [2.05, 4.69) is 10.3 Å². The second-order valence-corrected chi connectivity index (χ2v) is 9.80. The number of nitrogens with zero attached hydrogens (tertiary/aromatic N) is 5. The fourth-order valence-electron chi connectivity index (χ4n) is 4.91. The molecule has 2 N–H and O–H groups in total. The van der Waals surface area contributed by atoms with E-state index in [-0.39, 0.29) is 0 Å². The van der Waals surface area contributed by atoms with Gasteiger partial charge in [-0.1, -0.05) is 24.3 Å². The number of benzene rings is 2. The fourth-order valence-corrected chi connectivity index (χ4v) is 4.91. The Morgan fingerprint density at radius 2 is 1.90 bits per heavy atom. The minimum atomic E-state index is -0.675. The van der Waals surface area contributed by atoms with Gasteiger partial charge in [-0.25, -0.2) is 15.0 Å². The summed E-state index contributed by atoms with van der Waals surface area (Å²) < 4.78 is 18.2. The highest BCUT2D eigenvalue weighted by molar-refractivity contribution is 5.66. The first-order valence-electron chi connectivity index (χ1n) is 12.9. The zero-order valence-corrected chi connectivity index (χ0v) is 22.1. The number of aryl methyl sites for hydroxylation is 1. The van der Waals surface area contributed by atoms with Gasteiger partial charge in [-0.05, 0) is 49.4 Å². The maximum Gasteiger partial charge on any atom is 0.245 e. The molecule has 10 nitrogen and oxygen atoms in total. The van der Waals surface area contributed by atoms with Crippen molar-refractivity contribution in [1.29, 1.82) is 0 Å². The lowest BCUT2D eigenvalue weighted by atomic mass is 9.75. The van der Waals surface area contributed by atoms with Crippen LogP contribution < -0.4 is 14.8 Å². The van der Waals surface area contributed by atoms with Crippen LogP contribution in [0, 0.1) is 6.92 Å². The topological polar surface area (TPSA) is 120 Å². The van der Waals surface area contributed by atoms with Gasteiger partial charge in [-0.3, -0.25) is 0 Å². The molecule has 3 heterocycles. The highest BCUT2D eigenvalue weighted by Crippen LogP contribution is 2.41. The van der Waals surface area contributed by atoms with Crippen LogP contribution in [-0.2, 0) is 18.6 Å². The number of anilines is 1. The SMILES string of the molecule is COc1ccc(CNc2nc(-c3ncco3)c(C)c3nc(Cc4ccc(C5(O)CCC5)cc4)nn23)c(OC)c1. The van der Waals surface area contributed by atoms with E-state index in [9.17, 15) is 5.11 Å². The Bertz CT molecular complexity index is 1610. The Hall–Kier alpha value is -4.44. The number of nitrogens with one attached hydrogen (secondary N) is 1. The van der Waals surface area contributed by atoms with Gasteiger partial charge in [0.15, 0.2) is 11.5 Å². The van der Waals surface area contributed by atoms with Gasteiger partial charge >= 0.3 is 0 Å². The van der Waals surface area contributed by atoms with E-state index in [4.69, 9.17) is 29.0 Å². The lowest BCUT2D eigenvalue weighted by Gasteiger charge is -2.37. The molecule has 1 fully saturated rings. The number of aromatic nitrogens is 5. The van der Waals surface area contributed by atoms with Gasteiger partial charge in [-0.15, -0.1) is 5.10 Å². The molecule has 0 atom stereocenters. The van der Waals surface area contributed by atoms with Crippen molar-refractivity contribution in [2.24, 2.45) is 0 Å². The number of fused-ring (bicyclic) bond motifs is 1. The quantitative estimate of drug-likeness (QED) is 0.282. The predicted molar refractivity (Wildman–Crippen MR) is 145 cm³/mol. The summed E-state index contributed by atoms with van der Waals surface area (Å²) in [7, 11) is 3.25. The lowest BCUT2D eigenvalue weighted by Crippen LogP contribution is -2.33. The number of ether oxygens (including phenoxy) is 2. The van der Waals surface area contributed by atoms with Crippen molar-refractivity contribution in [3.63, 3.8) is 0 Å². The summed E-state index contributed by atoms with van der Waals surface area (Å²) in [5, 5.41) is 18.8. The lowest BCUT2D eigenvalue weighted by molar-refractivity contribution is -0.0388. The molecule has 1 saturated carbocycles. The summed E-state index contributed by atoms with van der Waals surface area (Å²) in [6.07, 6.45) is 6.35. The molecular weight excluding hydrogens is 496 g/mol. The molecule has 6 rings (SSSR count). The van der Waals surface area contributed by atoms with Gasteiger partial charge in [-0.2, -0.15) is 4.52 Å². The fraction of sp³-hybridized carbons (Fsp3) is 0.310. The third kappa shape index (κ3) is 4.67. The molecule has 0 bridgehead atoms. The number of rotatable bonds is 9. The van der Waals surface area contributed by atoms with Crippen molar-refractivity contribution in [2.45, 2.75) is 44.8 Å². The Morgan fingerprint density at radius 1 is 1.08 bits per heavy atom. The first kappa shape index (κ1) is 24.9. The first-order chi connectivity index (χ1) is 19.0. The van der Waals surface area contributed by atoms with Gasteiger partial charge in [0.25, 0.3) is 0 Å². The van der Waals surface area contributed by atoms with Gasteiger partial charge < -0.3 is 24.3 Å². The molecule has 0 aliphatic heterocycles. The van der Waals surface area contributed by atoms with Crippen LogP contribution in [0.25, 0.3) is 17.2 Å². The average molecular weight is 527 g/mol. The Morgan fingerprint density at radius 3 is 2.56 bits per heavy atom. The van der Waals surface area contributed by atoms with Crippen LogP contribution in [0.4, 0.5) is 5.95 Å². The summed E-state index contributed by atoms with van der Waals surface area (Å²) in [5.74, 6) is 2.99. The Kier molecular flexibility index (Phi) is 6.40. The van der Waals surface area contributed by atoms with Gasteiger partial charge in [0.2, 0.25) is 11.8 Å². The molecule has 39 heavy (non-hydrogen) atoms. The van der Waals surface area contributed by atoms with Crippen LogP contribution in [0.3, 0.4) is 0 Å². The third-order valence-electron chi connectivity index (χ3n) is 7.36. The van der Waals surface area contributed by atoms with Crippen molar-refractivity contribution in [1.82, 2.24) is 24.6 Å². The second kappa shape index (κ2) is 10.0. The zero-order chi connectivity index (χ0) is 27.0. The second-order valence-electron chi connectivity index (χ2n) is 9.80. The van der Waals surface area contributed by atoms with Crippen LogP contribution in [0.1, 0.15) is 47.3 Å². The van der Waals surface area contributed by atoms with Crippen LogP contribution in [0.15, 0.2) is 59.3 Å². The largest absolute Gasteiger partial charge is 0.497 e. The van der Waals surface area contributed by atoms with Crippen molar-refractivity contribution >= 4 is 11.6 Å². The van der Waals surface area contributed by atoms with E-state index in [0.29, 0.717) is 53.5 Å². The van der Waals surface area contributed by atoms with E-state index in [1.807, 2.05) is 49.4 Å². The van der Waals surface area contributed by atoms with Gasteiger partial charge in [0.05, 0.1) is 26.0 Å². The molecule has 0 unspecified atom stereocenters. The molecule has 1 aliphatic rings. The van der Waals surface area contributed by atoms with E-state index >= 15 is 0 Å². The van der Waals surface area contributed by atoms with E-state index in [1.54, 1.807) is 24.9 Å². The van der Waals surface area contributed by atoms with Crippen molar-refractivity contribution in [3.8, 4) is 23.1 Å². The summed E-state index contributed by atoms with van der Waals surface area (Å²) >= 11 is 0. The highest BCUT2D eigenvalue weighted by Gasteiger charge is 2.35. The predicted octanol–water partition coefficient (Wildman–Crippen LogP) is 4.68. The Labute approximate surface area is 225 Å². The highest BCUT2D eigenvalue weighted by atomic mass is 16.5. The molecule has 200 valence electrons. The molecule has 0 radical (unpaired) electrons. The average Bonchev–Trinajstić information content (AvgIpc) is 3.63.